The lowest BCUT2D eigenvalue weighted by molar-refractivity contribution is 0.192. The molecule has 20 heavy (non-hydrogen) atoms. The van der Waals surface area contributed by atoms with Crippen LogP contribution in [0.5, 0.6) is 5.75 Å². The second-order valence-electron chi connectivity index (χ2n) is 5.14. The lowest BCUT2D eigenvalue weighted by Crippen LogP contribution is -2.01. The Kier molecular flexibility index (Phi) is 3.69. The molecule has 5 heteroatoms. The Balaban J connectivity index is 1.61. The lowest BCUT2D eigenvalue weighted by atomic mass is 10.1. The van der Waals surface area contributed by atoms with E-state index in [1.165, 1.54) is 11.1 Å². The fourth-order valence-electron chi connectivity index (χ4n) is 2.18. The van der Waals surface area contributed by atoms with Crippen molar-refractivity contribution in [2.45, 2.75) is 32.8 Å². The maximum atomic E-state index is 5.68. The van der Waals surface area contributed by atoms with Gasteiger partial charge < -0.3 is 14.0 Å². The normalized spacial score (nSPS) is 18.4. The fraction of sp³-hybridized carbons (Fsp3) is 0.467. The maximum Gasteiger partial charge on any atom is 0.264 e. The summed E-state index contributed by atoms with van der Waals surface area (Å²) in [7, 11) is 0. The van der Waals surface area contributed by atoms with Crippen LogP contribution < -0.4 is 4.74 Å². The van der Waals surface area contributed by atoms with Gasteiger partial charge in [0, 0.05) is 12.5 Å². The van der Waals surface area contributed by atoms with E-state index in [0.29, 0.717) is 19.1 Å². The maximum absolute atomic E-state index is 5.68. The van der Waals surface area contributed by atoms with Gasteiger partial charge in [-0.2, -0.15) is 4.98 Å². The zero-order valence-electron chi connectivity index (χ0n) is 11.8. The number of ether oxygens (including phenoxy) is 2. The molecule has 0 amide bonds. The Bertz CT molecular complexity index is 589. The van der Waals surface area contributed by atoms with Crippen LogP contribution in [0.3, 0.4) is 0 Å². The highest BCUT2D eigenvalue weighted by atomic mass is 16.5. The minimum absolute atomic E-state index is 0.258. The van der Waals surface area contributed by atoms with Crippen LogP contribution in [0.1, 0.15) is 35.2 Å². The zero-order chi connectivity index (χ0) is 13.9. The number of nitrogens with zero attached hydrogens (tertiary/aromatic N) is 2. The molecule has 1 fully saturated rings. The number of rotatable bonds is 4. The highest BCUT2D eigenvalue weighted by Gasteiger charge is 2.23. The minimum atomic E-state index is 0.258. The lowest BCUT2D eigenvalue weighted by Gasteiger charge is -2.05. The first kappa shape index (κ1) is 13.1. The van der Waals surface area contributed by atoms with Gasteiger partial charge in [-0.15, -0.1) is 0 Å². The first-order valence-corrected chi connectivity index (χ1v) is 6.82. The Morgan fingerprint density at radius 2 is 2.20 bits per heavy atom. The van der Waals surface area contributed by atoms with Gasteiger partial charge in [-0.3, -0.25) is 0 Å². The van der Waals surface area contributed by atoms with Crippen molar-refractivity contribution in [1.29, 1.82) is 0 Å². The Hall–Kier alpha value is -1.88. The summed E-state index contributed by atoms with van der Waals surface area (Å²) in [6, 6.07) is 6.00. The molecule has 0 spiro atoms. The van der Waals surface area contributed by atoms with Crippen LogP contribution in [0.25, 0.3) is 0 Å². The summed E-state index contributed by atoms with van der Waals surface area (Å²) in [5.41, 5.74) is 2.45. The smallest absolute Gasteiger partial charge is 0.264 e. The molecule has 0 unspecified atom stereocenters. The third kappa shape index (κ3) is 2.82. The van der Waals surface area contributed by atoms with Crippen molar-refractivity contribution in [3.63, 3.8) is 0 Å². The first-order valence-electron chi connectivity index (χ1n) is 6.82. The van der Waals surface area contributed by atoms with E-state index >= 15 is 0 Å². The van der Waals surface area contributed by atoms with Gasteiger partial charge >= 0.3 is 0 Å². The van der Waals surface area contributed by atoms with Crippen LogP contribution in [-0.4, -0.2) is 23.4 Å². The van der Waals surface area contributed by atoms with E-state index in [2.05, 4.69) is 24.0 Å². The van der Waals surface area contributed by atoms with E-state index in [1.54, 1.807) is 0 Å². The molecule has 5 nitrogen and oxygen atoms in total. The molecular weight excluding hydrogens is 256 g/mol. The van der Waals surface area contributed by atoms with Gasteiger partial charge in [0.2, 0.25) is 0 Å². The number of hydrogen-bond donors (Lipinski definition) is 0. The molecule has 1 saturated heterocycles. The standard InChI is InChI=1S/C15H18N2O3/c1-10-3-4-13(7-11(10)2)19-9-14-16-15(17-20-14)12-5-6-18-8-12/h3-4,7,12H,5-6,8-9H2,1-2H3/t12-/m0/s1. The Labute approximate surface area is 117 Å². The summed E-state index contributed by atoms with van der Waals surface area (Å²) < 4.78 is 16.2. The van der Waals surface area contributed by atoms with Gasteiger partial charge in [0.15, 0.2) is 12.4 Å². The van der Waals surface area contributed by atoms with Crippen LogP contribution in [-0.2, 0) is 11.3 Å². The van der Waals surface area contributed by atoms with E-state index in [4.69, 9.17) is 14.0 Å². The average molecular weight is 274 g/mol. The van der Waals surface area contributed by atoms with E-state index in [9.17, 15) is 0 Å². The monoisotopic (exact) mass is 274 g/mol. The summed E-state index contributed by atoms with van der Waals surface area (Å²) in [4.78, 5) is 4.36. The molecule has 3 rings (SSSR count). The van der Waals surface area contributed by atoms with E-state index in [-0.39, 0.29) is 5.92 Å². The Morgan fingerprint density at radius 3 is 2.95 bits per heavy atom. The Morgan fingerprint density at radius 1 is 1.30 bits per heavy atom. The van der Waals surface area contributed by atoms with Gasteiger partial charge in [0.25, 0.3) is 5.89 Å². The number of hydrogen-bond acceptors (Lipinski definition) is 5. The van der Waals surface area contributed by atoms with Crippen LogP contribution >= 0.6 is 0 Å². The molecule has 0 bridgehead atoms. The zero-order valence-corrected chi connectivity index (χ0v) is 11.8. The molecule has 1 aliphatic heterocycles. The van der Waals surface area contributed by atoms with Crippen LogP contribution in [0.2, 0.25) is 0 Å². The minimum Gasteiger partial charge on any atom is -0.484 e. The summed E-state index contributed by atoms with van der Waals surface area (Å²) in [5.74, 6) is 2.30. The molecule has 1 aliphatic rings. The summed E-state index contributed by atoms with van der Waals surface area (Å²) in [5, 5.41) is 4.00. The summed E-state index contributed by atoms with van der Waals surface area (Å²) in [6.45, 7) is 5.88. The average Bonchev–Trinajstić information content (AvgIpc) is 3.09. The second-order valence-corrected chi connectivity index (χ2v) is 5.14. The number of aromatic nitrogens is 2. The molecule has 2 heterocycles. The van der Waals surface area contributed by atoms with Crippen molar-refractivity contribution in [1.82, 2.24) is 10.1 Å². The molecule has 1 atom stereocenters. The molecule has 1 aromatic carbocycles. The van der Waals surface area contributed by atoms with Crippen LogP contribution in [0, 0.1) is 13.8 Å². The molecule has 0 N–H and O–H groups in total. The number of aryl methyl sites for hydroxylation is 2. The van der Waals surface area contributed by atoms with E-state index < -0.39 is 0 Å². The predicted molar refractivity (Wildman–Crippen MR) is 72.7 cm³/mol. The van der Waals surface area contributed by atoms with Gasteiger partial charge in [0.1, 0.15) is 5.75 Å². The summed E-state index contributed by atoms with van der Waals surface area (Å²) >= 11 is 0. The molecule has 0 aliphatic carbocycles. The first-order chi connectivity index (χ1) is 9.72. The van der Waals surface area contributed by atoms with Crippen molar-refractivity contribution in [2.24, 2.45) is 0 Å². The highest BCUT2D eigenvalue weighted by molar-refractivity contribution is 5.33. The quantitative estimate of drug-likeness (QED) is 0.858. The largest absolute Gasteiger partial charge is 0.484 e. The predicted octanol–water partition coefficient (Wildman–Crippen LogP) is 2.77. The van der Waals surface area contributed by atoms with Gasteiger partial charge in [0.05, 0.1) is 6.61 Å². The van der Waals surface area contributed by atoms with Crippen LogP contribution in [0.15, 0.2) is 22.7 Å². The van der Waals surface area contributed by atoms with Crippen molar-refractivity contribution >= 4 is 0 Å². The molecule has 106 valence electrons. The molecule has 0 saturated carbocycles. The van der Waals surface area contributed by atoms with Crippen molar-refractivity contribution in [3.05, 3.63) is 41.0 Å². The van der Waals surface area contributed by atoms with Crippen molar-refractivity contribution in [3.8, 4) is 5.75 Å². The van der Waals surface area contributed by atoms with E-state index in [0.717, 1.165) is 24.6 Å². The molecule has 1 aromatic heterocycles. The SMILES string of the molecule is Cc1ccc(OCc2nc([C@H]3CCOC3)no2)cc1C. The third-order valence-electron chi connectivity index (χ3n) is 3.62. The second kappa shape index (κ2) is 5.63. The topological polar surface area (TPSA) is 57.4 Å². The van der Waals surface area contributed by atoms with Gasteiger partial charge in [-0.1, -0.05) is 11.2 Å². The third-order valence-corrected chi connectivity index (χ3v) is 3.62. The highest BCUT2D eigenvalue weighted by Crippen LogP contribution is 2.23. The van der Waals surface area contributed by atoms with Crippen molar-refractivity contribution in [2.75, 3.05) is 13.2 Å². The molecular formula is C15H18N2O3. The molecule has 0 radical (unpaired) electrons. The van der Waals surface area contributed by atoms with E-state index in [1.807, 2.05) is 18.2 Å². The van der Waals surface area contributed by atoms with Crippen molar-refractivity contribution < 1.29 is 14.0 Å². The summed E-state index contributed by atoms with van der Waals surface area (Å²) in [6.07, 6.45) is 0.955. The van der Waals surface area contributed by atoms with Gasteiger partial charge in [-0.25, -0.2) is 0 Å². The van der Waals surface area contributed by atoms with Gasteiger partial charge in [-0.05, 0) is 43.5 Å². The van der Waals surface area contributed by atoms with Crippen LogP contribution in [0.4, 0.5) is 0 Å². The number of benzene rings is 1. The fourth-order valence-corrected chi connectivity index (χ4v) is 2.18. The molecule has 2 aromatic rings.